The molecule has 0 bridgehead atoms. The molecule has 1 amide bonds. The van der Waals surface area contributed by atoms with E-state index in [0.717, 1.165) is 10.7 Å². The number of hydrogen-bond donors (Lipinski definition) is 4. The molecule has 12 heteroatoms. The number of benzene rings is 3. The summed E-state index contributed by atoms with van der Waals surface area (Å²) in [5.41, 5.74) is 0.898. The molecule has 3 aromatic carbocycles. The van der Waals surface area contributed by atoms with Crippen molar-refractivity contribution in [1.29, 1.82) is 5.26 Å². The van der Waals surface area contributed by atoms with Gasteiger partial charge in [-0.3, -0.25) is 4.79 Å². The first-order valence-corrected chi connectivity index (χ1v) is 11.5. The van der Waals surface area contributed by atoms with Crippen LogP contribution >= 0.6 is 11.6 Å². The van der Waals surface area contributed by atoms with Gasteiger partial charge in [-0.2, -0.15) is 23.5 Å². The Kier molecular flexibility index (Phi) is 7.57. The van der Waals surface area contributed by atoms with Gasteiger partial charge in [0.2, 0.25) is 6.35 Å². The lowest BCUT2D eigenvalue weighted by atomic mass is 10.2. The second kappa shape index (κ2) is 10.8. The van der Waals surface area contributed by atoms with Crippen LogP contribution in [-0.2, 0) is 6.18 Å². The van der Waals surface area contributed by atoms with E-state index in [9.17, 15) is 23.1 Å². The van der Waals surface area contributed by atoms with Gasteiger partial charge in [0.25, 0.3) is 5.91 Å². The minimum absolute atomic E-state index is 0.162. The maximum absolute atomic E-state index is 13.3. The van der Waals surface area contributed by atoms with Crippen molar-refractivity contribution >= 4 is 34.6 Å². The second-order valence-electron chi connectivity index (χ2n) is 8.16. The molecule has 1 heterocycles. The molecule has 8 nitrogen and oxygen atoms in total. The number of aryl methyl sites for hydroxylation is 1. The lowest BCUT2D eigenvalue weighted by molar-refractivity contribution is -0.141. The number of aromatic nitrogens is 2. The van der Waals surface area contributed by atoms with Gasteiger partial charge in [0.15, 0.2) is 5.69 Å². The van der Waals surface area contributed by atoms with Gasteiger partial charge in [-0.15, -0.1) is 0 Å². The van der Waals surface area contributed by atoms with Crippen molar-refractivity contribution in [2.24, 2.45) is 0 Å². The first kappa shape index (κ1) is 26.5. The Morgan fingerprint density at radius 2 is 1.79 bits per heavy atom. The summed E-state index contributed by atoms with van der Waals surface area (Å²) in [4.78, 5) is 12.7. The number of carbonyl (C=O) groups is 1. The van der Waals surface area contributed by atoms with Gasteiger partial charge in [0.1, 0.15) is 0 Å². The minimum Gasteiger partial charge on any atom is -0.357 e. The number of rotatable bonds is 7. The third kappa shape index (κ3) is 6.23. The van der Waals surface area contributed by atoms with Crippen molar-refractivity contribution in [3.63, 3.8) is 0 Å². The SMILES string of the molecule is Cc1cc(C(F)(F)F)nn1-c1ccc(NC(=O)c2ccc(Cl)cc2)cc1NC(O)Nc1cccc(C#N)c1. The molecular formula is C26H20ClF3N6O2. The molecule has 194 valence electrons. The van der Waals surface area contributed by atoms with Crippen LogP contribution in [0.1, 0.15) is 27.3 Å². The van der Waals surface area contributed by atoms with E-state index >= 15 is 0 Å². The highest BCUT2D eigenvalue weighted by Gasteiger charge is 2.34. The van der Waals surface area contributed by atoms with Crippen LogP contribution in [0.25, 0.3) is 5.69 Å². The first-order valence-electron chi connectivity index (χ1n) is 11.1. The van der Waals surface area contributed by atoms with E-state index in [2.05, 4.69) is 21.0 Å². The molecule has 1 aromatic heterocycles. The van der Waals surface area contributed by atoms with Crippen LogP contribution in [-0.4, -0.2) is 27.1 Å². The van der Waals surface area contributed by atoms with Gasteiger partial charge in [-0.25, -0.2) is 4.68 Å². The zero-order valence-electron chi connectivity index (χ0n) is 19.7. The van der Waals surface area contributed by atoms with Crippen molar-refractivity contribution < 1.29 is 23.1 Å². The number of halogens is 4. The van der Waals surface area contributed by atoms with Gasteiger partial charge in [0.05, 0.1) is 23.0 Å². The van der Waals surface area contributed by atoms with Crippen molar-refractivity contribution in [2.45, 2.75) is 19.5 Å². The monoisotopic (exact) mass is 540 g/mol. The molecule has 1 unspecified atom stereocenters. The van der Waals surface area contributed by atoms with Crippen molar-refractivity contribution in [2.75, 3.05) is 16.0 Å². The molecule has 38 heavy (non-hydrogen) atoms. The Morgan fingerprint density at radius 1 is 1.05 bits per heavy atom. The van der Waals surface area contributed by atoms with Crippen molar-refractivity contribution in [3.05, 3.63) is 100 Å². The third-order valence-corrected chi connectivity index (χ3v) is 5.61. The zero-order valence-corrected chi connectivity index (χ0v) is 20.5. The Bertz CT molecular complexity index is 1510. The van der Waals surface area contributed by atoms with Crippen molar-refractivity contribution in [1.82, 2.24) is 9.78 Å². The molecule has 0 aliphatic heterocycles. The molecular weight excluding hydrogens is 521 g/mol. The quantitative estimate of drug-likeness (QED) is 0.221. The Balaban J connectivity index is 1.67. The van der Waals surface area contributed by atoms with Crippen molar-refractivity contribution in [3.8, 4) is 11.8 Å². The van der Waals surface area contributed by atoms with Gasteiger partial charge in [-0.05, 0) is 73.7 Å². The average molecular weight is 541 g/mol. The number of alkyl halides is 3. The fourth-order valence-corrected chi connectivity index (χ4v) is 3.72. The van der Waals surface area contributed by atoms with Crippen LogP contribution in [0.2, 0.25) is 5.02 Å². The number of hydrogen-bond acceptors (Lipinski definition) is 6. The molecule has 0 fully saturated rings. The molecule has 0 aliphatic carbocycles. The highest BCUT2D eigenvalue weighted by atomic mass is 35.5. The number of anilines is 3. The topological polar surface area (TPSA) is 115 Å². The lowest BCUT2D eigenvalue weighted by Gasteiger charge is -2.21. The molecule has 4 aromatic rings. The highest BCUT2D eigenvalue weighted by molar-refractivity contribution is 6.30. The first-order chi connectivity index (χ1) is 18.0. The molecule has 0 aliphatic rings. The van der Waals surface area contributed by atoms with Gasteiger partial charge in [0, 0.05) is 27.7 Å². The molecule has 0 radical (unpaired) electrons. The predicted molar refractivity (Wildman–Crippen MR) is 137 cm³/mol. The summed E-state index contributed by atoms with van der Waals surface area (Å²) in [6.07, 6.45) is -6.08. The Morgan fingerprint density at radius 3 is 2.45 bits per heavy atom. The summed E-state index contributed by atoms with van der Waals surface area (Å²) >= 11 is 5.87. The molecule has 0 spiro atoms. The number of nitrogens with zero attached hydrogens (tertiary/aromatic N) is 3. The normalized spacial score (nSPS) is 11.9. The smallest absolute Gasteiger partial charge is 0.357 e. The van der Waals surface area contributed by atoms with Gasteiger partial charge < -0.3 is 21.1 Å². The summed E-state index contributed by atoms with van der Waals surface area (Å²) in [6, 6.07) is 19.9. The van der Waals surface area contributed by atoms with E-state index in [1.807, 2.05) is 6.07 Å². The van der Waals surface area contributed by atoms with Crippen LogP contribution < -0.4 is 16.0 Å². The van der Waals surface area contributed by atoms with Crippen LogP contribution in [0.3, 0.4) is 0 Å². The molecule has 0 saturated carbocycles. The van der Waals surface area contributed by atoms with Crippen LogP contribution in [0.5, 0.6) is 0 Å². The average Bonchev–Trinajstić information content (AvgIpc) is 3.26. The third-order valence-electron chi connectivity index (χ3n) is 5.35. The van der Waals surface area contributed by atoms with E-state index in [1.165, 1.54) is 31.2 Å². The molecule has 4 N–H and O–H groups in total. The number of aliphatic hydroxyl groups is 1. The Hall–Kier alpha value is -4.53. The molecule has 1 atom stereocenters. The fourth-order valence-electron chi connectivity index (χ4n) is 3.60. The van der Waals surface area contributed by atoms with Crippen LogP contribution in [0.4, 0.5) is 30.2 Å². The summed E-state index contributed by atoms with van der Waals surface area (Å²) in [7, 11) is 0. The van der Waals surface area contributed by atoms with Crippen LogP contribution in [0.15, 0.2) is 72.8 Å². The summed E-state index contributed by atoms with van der Waals surface area (Å²) in [5.74, 6) is -0.443. The van der Waals surface area contributed by atoms with E-state index in [1.54, 1.807) is 42.5 Å². The molecule has 4 rings (SSSR count). The fraction of sp³-hybridized carbons (Fsp3) is 0.115. The molecule has 0 saturated heterocycles. The lowest BCUT2D eigenvalue weighted by Crippen LogP contribution is -2.29. The second-order valence-corrected chi connectivity index (χ2v) is 8.59. The number of carbonyl (C=O) groups excluding carboxylic acids is 1. The largest absolute Gasteiger partial charge is 0.435 e. The van der Waals surface area contributed by atoms with Gasteiger partial charge >= 0.3 is 6.18 Å². The maximum atomic E-state index is 13.3. The van der Waals surface area contributed by atoms with E-state index in [4.69, 9.17) is 16.9 Å². The summed E-state index contributed by atoms with van der Waals surface area (Å²) in [6.45, 7) is 1.46. The zero-order chi connectivity index (χ0) is 27.4. The van der Waals surface area contributed by atoms with E-state index in [-0.39, 0.29) is 17.1 Å². The number of aliphatic hydroxyl groups excluding tert-OH is 1. The number of nitriles is 1. The minimum atomic E-state index is -4.65. The summed E-state index contributed by atoms with van der Waals surface area (Å²) < 4.78 is 40.9. The van der Waals surface area contributed by atoms with Crippen LogP contribution in [0, 0.1) is 18.3 Å². The maximum Gasteiger partial charge on any atom is 0.435 e. The highest BCUT2D eigenvalue weighted by Crippen LogP contribution is 2.32. The van der Waals surface area contributed by atoms with E-state index in [0.29, 0.717) is 27.5 Å². The standard InChI is InChI=1S/C26H20ClF3N6O2/c1-15-11-23(26(28,29)30)35-36(15)22-10-9-20(32-24(37)17-5-7-18(27)8-6-17)13-21(22)34-25(38)33-19-4-2-3-16(12-19)14-31/h2-13,25,33-34,38H,1H3,(H,32,37). The Labute approximate surface area is 220 Å². The van der Waals surface area contributed by atoms with E-state index < -0.39 is 24.1 Å². The number of amides is 1. The number of nitrogens with one attached hydrogen (secondary N) is 3. The summed E-state index contributed by atoms with van der Waals surface area (Å²) in [5, 5.41) is 32.2. The predicted octanol–water partition coefficient (Wildman–Crippen LogP) is 5.78. The van der Waals surface area contributed by atoms with Gasteiger partial charge in [-0.1, -0.05) is 17.7 Å².